The molecule has 0 saturated heterocycles. The molecule has 96 valence electrons. The Morgan fingerprint density at radius 1 is 1.44 bits per heavy atom. The summed E-state index contributed by atoms with van der Waals surface area (Å²) in [4.78, 5) is 13.6. The molecular weight excluding hydrogens is 204 g/mol. The number of esters is 1. The van der Waals surface area contributed by atoms with E-state index in [2.05, 4.69) is 30.5 Å². The summed E-state index contributed by atoms with van der Waals surface area (Å²) < 4.78 is 4.66. The van der Waals surface area contributed by atoms with Gasteiger partial charge in [0.05, 0.1) is 7.11 Å². The van der Waals surface area contributed by atoms with Gasteiger partial charge in [-0.05, 0) is 53.6 Å². The zero-order valence-corrected chi connectivity index (χ0v) is 11.2. The number of carbonyl (C=O) groups is 1. The smallest absolute Gasteiger partial charge is 0.325 e. The number of hydrogen-bond acceptors (Lipinski definition) is 4. The first kappa shape index (κ1) is 15.4. The van der Waals surface area contributed by atoms with Crippen LogP contribution in [0.5, 0.6) is 0 Å². The molecule has 0 aliphatic rings. The molecule has 0 fully saturated rings. The third kappa shape index (κ3) is 5.47. The summed E-state index contributed by atoms with van der Waals surface area (Å²) in [6.07, 6.45) is 2.67. The Bertz CT molecular complexity index is 215. The fourth-order valence-corrected chi connectivity index (χ4v) is 1.45. The third-order valence-electron chi connectivity index (χ3n) is 2.99. The minimum absolute atomic E-state index is 0.329. The number of carbonyl (C=O) groups excluding carboxylic acids is 1. The molecule has 0 spiro atoms. The summed E-state index contributed by atoms with van der Waals surface area (Å²) >= 11 is 0. The second-order valence-electron chi connectivity index (χ2n) is 4.94. The van der Waals surface area contributed by atoms with E-state index in [9.17, 15) is 4.79 Å². The van der Waals surface area contributed by atoms with Crippen LogP contribution in [-0.4, -0.2) is 43.2 Å². The van der Waals surface area contributed by atoms with Crippen LogP contribution >= 0.6 is 0 Å². The summed E-state index contributed by atoms with van der Waals surface area (Å²) in [6.45, 7) is 7.10. The highest BCUT2D eigenvalue weighted by Gasteiger charge is 2.28. The predicted octanol–water partition coefficient (Wildman–Crippen LogP) is 1.39. The average Bonchev–Trinajstić information content (AvgIpc) is 2.22. The van der Waals surface area contributed by atoms with Gasteiger partial charge < -0.3 is 15.4 Å². The molecule has 1 unspecified atom stereocenters. The first-order valence-electron chi connectivity index (χ1n) is 5.89. The van der Waals surface area contributed by atoms with Crippen molar-refractivity contribution in [2.75, 3.05) is 20.7 Å². The van der Waals surface area contributed by atoms with Crippen LogP contribution in [0.1, 0.15) is 40.0 Å². The molecule has 0 saturated carbocycles. The zero-order chi connectivity index (χ0) is 12.8. The SMILES string of the molecule is COC(=O)C(C)(N)CCCCN(C)C(C)C. The van der Waals surface area contributed by atoms with Crippen LogP contribution in [0.2, 0.25) is 0 Å². The molecule has 0 radical (unpaired) electrons. The van der Waals surface area contributed by atoms with Crippen molar-refractivity contribution >= 4 is 5.97 Å². The Morgan fingerprint density at radius 3 is 2.44 bits per heavy atom. The van der Waals surface area contributed by atoms with E-state index in [1.807, 2.05) is 0 Å². The van der Waals surface area contributed by atoms with Crippen molar-refractivity contribution in [3.63, 3.8) is 0 Å². The molecule has 0 rings (SSSR count). The van der Waals surface area contributed by atoms with E-state index in [1.54, 1.807) is 6.92 Å². The summed E-state index contributed by atoms with van der Waals surface area (Å²) in [6, 6.07) is 0.560. The molecular formula is C12H26N2O2. The van der Waals surface area contributed by atoms with E-state index in [0.717, 1.165) is 19.4 Å². The highest BCUT2D eigenvalue weighted by molar-refractivity contribution is 5.79. The molecule has 0 bridgehead atoms. The fraction of sp³-hybridized carbons (Fsp3) is 0.917. The Balaban J connectivity index is 3.78. The van der Waals surface area contributed by atoms with Gasteiger partial charge in [0.15, 0.2) is 0 Å². The van der Waals surface area contributed by atoms with Gasteiger partial charge in [0.2, 0.25) is 0 Å². The van der Waals surface area contributed by atoms with Crippen LogP contribution in [0.15, 0.2) is 0 Å². The van der Waals surface area contributed by atoms with Crippen molar-refractivity contribution in [1.29, 1.82) is 0 Å². The largest absolute Gasteiger partial charge is 0.468 e. The van der Waals surface area contributed by atoms with Gasteiger partial charge in [-0.15, -0.1) is 0 Å². The molecule has 0 aromatic heterocycles. The lowest BCUT2D eigenvalue weighted by Crippen LogP contribution is -2.45. The van der Waals surface area contributed by atoms with Gasteiger partial charge in [0.1, 0.15) is 5.54 Å². The summed E-state index contributed by atoms with van der Waals surface area (Å²) in [5.41, 5.74) is 5.02. The van der Waals surface area contributed by atoms with E-state index in [-0.39, 0.29) is 5.97 Å². The predicted molar refractivity (Wildman–Crippen MR) is 66.2 cm³/mol. The van der Waals surface area contributed by atoms with E-state index < -0.39 is 5.54 Å². The summed E-state index contributed by atoms with van der Waals surface area (Å²) in [7, 11) is 3.48. The van der Waals surface area contributed by atoms with Crippen molar-refractivity contribution in [3.05, 3.63) is 0 Å². The van der Waals surface area contributed by atoms with Crippen LogP contribution in [-0.2, 0) is 9.53 Å². The number of unbranched alkanes of at least 4 members (excludes halogenated alkanes) is 1. The molecule has 1 atom stereocenters. The number of nitrogens with two attached hydrogens (primary N) is 1. The van der Waals surface area contributed by atoms with Crippen molar-refractivity contribution in [1.82, 2.24) is 4.90 Å². The third-order valence-corrected chi connectivity index (χ3v) is 2.99. The maximum absolute atomic E-state index is 11.3. The lowest BCUT2D eigenvalue weighted by atomic mass is 9.96. The van der Waals surface area contributed by atoms with E-state index in [4.69, 9.17) is 5.73 Å². The first-order chi connectivity index (χ1) is 7.31. The normalized spacial score (nSPS) is 15.2. The highest BCUT2D eigenvalue weighted by atomic mass is 16.5. The summed E-state index contributed by atoms with van der Waals surface area (Å²) in [5, 5.41) is 0. The maximum atomic E-state index is 11.3. The van der Waals surface area contributed by atoms with E-state index in [1.165, 1.54) is 7.11 Å². The Kier molecular flexibility index (Phi) is 6.60. The van der Waals surface area contributed by atoms with Gasteiger partial charge in [-0.1, -0.05) is 0 Å². The number of hydrogen-bond donors (Lipinski definition) is 1. The molecule has 2 N–H and O–H groups in total. The van der Waals surface area contributed by atoms with Gasteiger partial charge in [-0.3, -0.25) is 4.79 Å². The van der Waals surface area contributed by atoms with Crippen molar-refractivity contribution in [2.24, 2.45) is 5.73 Å². The van der Waals surface area contributed by atoms with Crippen molar-refractivity contribution in [2.45, 2.75) is 51.6 Å². The minimum Gasteiger partial charge on any atom is -0.468 e. The molecule has 0 amide bonds. The Labute approximate surface area is 99.1 Å². The van der Waals surface area contributed by atoms with Gasteiger partial charge in [0.25, 0.3) is 0 Å². The van der Waals surface area contributed by atoms with Gasteiger partial charge in [-0.2, -0.15) is 0 Å². The lowest BCUT2D eigenvalue weighted by molar-refractivity contribution is -0.146. The average molecular weight is 230 g/mol. The van der Waals surface area contributed by atoms with Gasteiger partial charge in [0, 0.05) is 6.04 Å². The van der Waals surface area contributed by atoms with Crippen LogP contribution in [0.25, 0.3) is 0 Å². The van der Waals surface area contributed by atoms with E-state index in [0.29, 0.717) is 12.5 Å². The Hall–Kier alpha value is -0.610. The van der Waals surface area contributed by atoms with Gasteiger partial charge in [-0.25, -0.2) is 0 Å². The second kappa shape index (κ2) is 6.86. The molecule has 16 heavy (non-hydrogen) atoms. The maximum Gasteiger partial charge on any atom is 0.325 e. The molecule has 0 heterocycles. The van der Waals surface area contributed by atoms with Crippen molar-refractivity contribution < 1.29 is 9.53 Å². The van der Waals surface area contributed by atoms with Gasteiger partial charge >= 0.3 is 5.97 Å². The first-order valence-corrected chi connectivity index (χ1v) is 5.89. The fourth-order valence-electron chi connectivity index (χ4n) is 1.45. The lowest BCUT2D eigenvalue weighted by Gasteiger charge is -2.23. The monoisotopic (exact) mass is 230 g/mol. The molecule has 0 aromatic carbocycles. The number of rotatable bonds is 7. The second-order valence-corrected chi connectivity index (χ2v) is 4.94. The number of ether oxygens (including phenoxy) is 1. The molecule has 4 heteroatoms. The topological polar surface area (TPSA) is 55.6 Å². The summed E-state index contributed by atoms with van der Waals surface area (Å²) in [5.74, 6) is -0.329. The quantitative estimate of drug-likeness (QED) is 0.530. The molecule has 0 aromatic rings. The molecule has 4 nitrogen and oxygen atoms in total. The molecule has 0 aliphatic heterocycles. The van der Waals surface area contributed by atoms with Crippen LogP contribution in [0.4, 0.5) is 0 Å². The minimum atomic E-state index is -0.842. The van der Waals surface area contributed by atoms with Crippen LogP contribution in [0.3, 0.4) is 0 Å². The zero-order valence-electron chi connectivity index (χ0n) is 11.2. The Morgan fingerprint density at radius 2 is 2.00 bits per heavy atom. The van der Waals surface area contributed by atoms with Crippen LogP contribution in [0, 0.1) is 0 Å². The van der Waals surface area contributed by atoms with E-state index >= 15 is 0 Å². The number of methoxy groups -OCH3 is 1. The standard InChI is InChI=1S/C12H26N2O2/c1-10(2)14(4)9-7-6-8-12(3,13)11(15)16-5/h10H,6-9,13H2,1-5H3. The molecule has 0 aliphatic carbocycles. The van der Waals surface area contributed by atoms with Crippen LogP contribution < -0.4 is 5.73 Å². The number of nitrogens with zero attached hydrogens (tertiary/aromatic N) is 1. The van der Waals surface area contributed by atoms with Crippen molar-refractivity contribution in [3.8, 4) is 0 Å². The highest BCUT2D eigenvalue weighted by Crippen LogP contribution is 2.12.